The summed E-state index contributed by atoms with van der Waals surface area (Å²) in [6.07, 6.45) is 1.73. The van der Waals surface area contributed by atoms with E-state index in [1.54, 1.807) is 18.0 Å². The molecule has 0 unspecified atom stereocenters. The summed E-state index contributed by atoms with van der Waals surface area (Å²) in [5, 5.41) is 6.22. The fraction of sp³-hybridized carbons (Fsp3) is 0.350. The molecular formula is C20H24N6O2. The van der Waals surface area contributed by atoms with Crippen LogP contribution in [0.2, 0.25) is 0 Å². The Morgan fingerprint density at radius 2 is 1.82 bits per heavy atom. The van der Waals surface area contributed by atoms with E-state index < -0.39 is 0 Å². The highest BCUT2D eigenvalue weighted by Gasteiger charge is 2.28. The smallest absolute Gasteiger partial charge is 0.258 e. The first-order chi connectivity index (χ1) is 13.4. The van der Waals surface area contributed by atoms with E-state index in [9.17, 15) is 9.59 Å². The minimum Gasteiger partial charge on any atom is -0.358 e. The van der Waals surface area contributed by atoms with Gasteiger partial charge in [-0.15, -0.1) is 0 Å². The Morgan fingerprint density at radius 1 is 1.07 bits per heavy atom. The molecule has 146 valence electrons. The third-order valence-corrected chi connectivity index (χ3v) is 5.12. The van der Waals surface area contributed by atoms with Gasteiger partial charge in [0.25, 0.3) is 11.8 Å². The first kappa shape index (κ1) is 18.2. The third kappa shape index (κ3) is 3.27. The third-order valence-electron chi connectivity index (χ3n) is 5.12. The lowest BCUT2D eigenvalue weighted by molar-refractivity contribution is -0.110. The van der Waals surface area contributed by atoms with Crippen LogP contribution in [-0.4, -0.2) is 67.0 Å². The Morgan fingerprint density at radius 3 is 2.61 bits per heavy atom. The Labute approximate surface area is 163 Å². The predicted octanol–water partition coefficient (Wildman–Crippen LogP) is 1.32. The summed E-state index contributed by atoms with van der Waals surface area (Å²) in [6.45, 7) is 4.73. The van der Waals surface area contributed by atoms with Crippen molar-refractivity contribution >= 4 is 35.0 Å². The zero-order chi connectivity index (χ0) is 19.8. The van der Waals surface area contributed by atoms with Gasteiger partial charge in [0.05, 0.1) is 22.5 Å². The largest absolute Gasteiger partial charge is 0.358 e. The number of nitrogens with one attached hydrogen (secondary N) is 3. The lowest BCUT2D eigenvalue weighted by Gasteiger charge is -2.20. The number of aromatic nitrogens is 2. The van der Waals surface area contributed by atoms with E-state index in [0.717, 1.165) is 24.6 Å². The van der Waals surface area contributed by atoms with Crippen LogP contribution in [0, 0.1) is 6.92 Å². The molecule has 0 saturated carbocycles. The second-order valence-corrected chi connectivity index (χ2v) is 7.26. The van der Waals surface area contributed by atoms with Crippen LogP contribution >= 0.6 is 0 Å². The highest BCUT2D eigenvalue weighted by Crippen LogP contribution is 2.33. The summed E-state index contributed by atoms with van der Waals surface area (Å²) >= 11 is 0. The van der Waals surface area contributed by atoms with Crippen molar-refractivity contribution in [3.63, 3.8) is 0 Å². The van der Waals surface area contributed by atoms with E-state index >= 15 is 0 Å². The fourth-order valence-electron chi connectivity index (χ4n) is 3.48. The molecule has 3 N–H and O–H groups in total. The van der Waals surface area contributed by atoms with Crippen LogP contribution < -0.4 is 15.5 Å². The molecule has 28 heavy (non-hydrogen) atoms. The van der Waals surface area contributed by atoms with E-state index in [4.69, 9.17) is 4.98 Å². The number of aryl methyl sites for hydroxylation is 1. The number of nitrogens with zero attached hydrogens (tertiary/aromatic N) is 3. The molecule has 0 aromatic carbocycles. The van der Waals surface area contributed by atoms with E-state index in [0.29, 0.717) is 41.3 Å². The van der Waals surface area contributed by atoms with Gasteiger partial charge in [-0.25, -0.2) is 4.98 Å². The monoisotopic (exact) mass is 380 g/mol. The Bertz CT molecular complexity index is 977. The number of fused-ring (bicyclic) bond motifs is 2. The maximum Gasteiger partial charge on any atom is 0.258 e. The van der Waals surface area contributed by atoms with E-state index in [-0.39, 0.29) is 11.8 Å². The van der Waals surface area contributed by atoms with Crippen LogP contribution in [0.4, 0.5) is 11.5 Å². The Hall–Kier alpha value is -3.13. The van der Waals surface area contributed by atoms with Crippen molar-refractivity contribution < 1.29 is 9.59 Å². The molecule has 0 spiro atoms. The van der Waals surface area contributed by atoms with Crippen LogP contribution in [0.15, 0.2) is 18.2 Å². The molecule has 0 fully saturated rings. The van der Waals surface area contributed by atoms with E-state index in [1.165, 1.54) is 0 Å². The van der Waals surface area contributed by atoms with Gasteiger partial charge in [-0.3, -0.25) is 9.59 Å². The van der Waals surface area contributed by atoms with Crippen molar-refractivity contribution in [2.24, 2.45) is 0 Å². The number of anilines is 2. The molecule has 2 aromatic rings. The fourth-order valence-corrected chi connectivity index (χ4v) is 3.48. The summed E-state index contributed by atoms with van der Waals surface area (Å²) in [4.78, 5) is 37.2. The van der Waals surface area contributed by atoms with Crippen molar-refractivity contribution in [3.8, 4) is 0 Å². The molecule has 0 saturated heterocycles. The van der Waals surface area contributed by atoms with E-state index in [2.05, 4.69) is 15.6 Å². The predicted molar refractivity (Wildman–Crippen MR) is 109 cm³/mol. The average molecular weight is 380 g/mol. The molecule has 2 aliphatic rings. The maximum atomic E-state index is 12.9. The van der Waals surface area contributed by atoms with Crippen LogP contribution in [0.3, 0.4) is 0 Å². The van der Waals surface area contributed by atoms with Crippen molar-refractivity contribution in [2.75, 3.05) is 50.5 Å². The lowest BCUT2D eigenvalue weighted by atomic mass is 10.1. The molecule has 0 aliphatic carbocycles. The van der Waals surface area contributed by atoms with Gasteiger partial charge >= 0.3 is 0 Å². The van der Waals surface area contributed by atoms with Crippen molar-refractivity contribution in [3.05, 3.63) is 40.8 Å². The molecule has 8 heteroatoms. The van der Waals surface area contributed by atoms with Gasteiger partial charge in [0, 0.05) is 46.0 Å². The number of carbonyl (C=O) groups excluding carboxylic acids is 2. The van der Waals surface area contributed by atoms with Gasteiger partial charge in [-0.2, -0.15) is 0 Å². The molecule has 0 radical (unpaired) electrons. The summed E-state index contributed by atoms with van der Waals surface area (Å²) in [5.41, 5.74) is 3.78. The van der Waals surface area contributed by atoms with Crippen molar-refractivity contribution in [1.82, 2.24) is 20.2 Å². The molecular weight excluding hydrogens is 356 g/mol. The Kier molecular flexibility index (Phi) is 4.64. The number of pyridine rings is 1. The van der Waals surface area contributed by atoms with Crippen LogP contribution in [0.25, 0.3) is 11.6 Å². The summed E-state index contributed by atoms with van der Waals surface area (Å²) < 4.78 is 0. The number of hydrogen-bond donors (Lipinski definition) is 3. The minimum atomic E-state index is -0.215. The lowest BCUT2D eigenvalue weighted by Crippen LogP contribution is -2.36. The molecule has 4 heterocycles. The first-order valence-corrected chi connectivity index (χ1v) is 9.35. The molecule has 4 rings (SSSR count). The quantitative estimate of drug-likeness (QED) is 0.641. The number of hydrogen-bond acceptors (Lipinski definition) is 5. The van der Waals surface area contributed by atoms with Crippen molar-refractivity contribution in [2.45, 2.75) is 6.92 Å². The molecule has 2 amide bonds. The van der Waals surface area contributed by atoms with Crippen molar-refractivity contribution in [1.29, 1.82) is 0 Å². The number of rotatable bonds is 0. The molecule has 2 bridgehead atoms. The first-order valence-electron chi connectivity index (χ1n) is 9.35. The van der Waals surface area contributed by atoms with Gasteiger partial charge in [0.1, 0.15) is 11.5 Å². The highest BCUT2D eigenvalue weighted by atomic mass is 16.2. The summed E-state index contributed by atoms with van der Waals surface area (Å²) in [6, 6.07) is 5.60. The van der Waals surface area contributed by atoms with Gasteiger partial charge < -0.3 is 25.4 Å². The average Bonchev–Trinajstić information content (AvgIpc) is 3.19. The van der Waals surface area contributed by atoms with E-state index in [1.807, 2.05) is 37.1 Å². The van der Waals surface area contributed by atoms with Crippen LogP contribution in [-0.2, 0) is 4.79 Å². The van der Waals surface area contributed by atoms with Crippen LogP contribution in [0.1, 0.15) is 27.4 Å². The maximum absolute atomic E-state index is 12.9. The second-order valence-electron chi connectivity index (χ2n) is 7.26. The number of amides is 2. The number of aromatic amines is 1. The molecule has 0 atom stereocenters. The van der Waals surface area contributed by atoms with Gasteiger partial charge in [0.15, 0.2) is 0 Å². The van der Waals surface area contributed by atoms with Crippen LogP contribution in [0.5, 0.6) is 0 Å². The van der Waals surface area contributed by atoms with Gasteiger partial charge in [0.2, 0.25) is 0 Å². The topological polar surface area (TPSA) is 93.4 Å². The van der Waals surface area contributed by atoms with Gasteiger partial charge in [-0.05, 0) is 31.2 Å². The summed E-state index contributed by atoms with van der Waals surface area (Å²) in [5.74, 6) is 0.506. The molecule has 8 nitrogen and oxygen atoms in total. The molecule has 2 aliphatic heterocycles. The van der Waals surface area contributed by atoms with Gasteiger partial charge in [-0.1, -0.05) is 0 Å². The standard InChI is InChI=1S/C20H24N6O2/c1-12-10-13-16(22-12)11-14-18-15(23-19(14)27)4-5-17(24-18)25(2)8-6-21-7-9-26(3)20(13)28/h4-5,10-11,21-22H,6-9H2,1-3H3,(H,23,27)/b14-11-. The zero-order valence-corrected chi connectivity index (χ0v) is 16.3. The normalized spacial score (nSPS) is 19.5. The zero-order valence-electron chi connectivity index (χ0n) is 16.3. The Balaban J connectivity index is 1.85. The number of carbonyl (C=O) groups is 2. The SMILES string of the molecule is Cc1cc2c([nH]1)/C=C1\C(=O)Nc3ccc(nc31)N(C)CCNCCN(C)C2=O. The number of H-pyrrole nitrogens is 1. The highest BCUT2D eigenvalue weighted by molar-refractivity contribution is 6.34. The number of likely N-dealkylation sites (N-methyl/N-ethyl adjacent to an activating group) is 2. The summed E-state index contributed by atoms with van der Waals surface area (Å²) in [7, 11) is 3.77. The minimum absolute atomic E-state index is 0.0784. The second kappa shape index (κ2) is 7.12. The molecule has 2 aromatic heterocycles.